The van der Waals surface area contributed by atoms with Crippen LogP contribution in [0.4, 0.5) is 19.0 Å². The van der Waals surface area contributed by atoms with Crippen molar-refractivity contribution in [1.82, 2.24) is 15.0 Å². The van der Waals surface area contributed by atoms with Crippen LogP contribution in [0.25, 0.3) is 11.3 Å². The van der Waals surface area contributed by atoms with Crippen LogP contribution in [0.2, 0.25) is 5.02 Å². The van der Waals surface area contributed by atoms with Crippen LogP contribution in [0, 0.1) is 0 Å². The van der Waals surface area contributed by atoms with E-state index in [0.717, 1.165) is 30.5 Å². The van der Waals surface area contributed by atoms with Gasteiger partial charge in [-0.15, -0.1) is 0 Å². The number of sulfonamides is 1. The predicted octanol–water partition coefficient (Wildman–Crippen LogP) is 4.37. The lowest BCUT2D eigenvalue weighted by Gasteiger charge is -2.11. The lowest BCUT2D eigenvalue weighted by Crippen LogP contribution is -2.11. The van der Waals surface area contributed by atoms with Crippen molar-refractivity contribution < 1.29 is 26.3 Å². The fraction of sp³-hybridized carbons (Fsp3) is 0.118. The number of anilines is 1. The number of benzene rings is 1. The number of pyridine rings is 1. The number of aromatic nitrogens is 3. The van der Waals surface area contributed by atoms with E-state index in [1.807, 2.05) is 0 Å². The predicted molar refractivity (Wildman–Crippen MR) is 100 cm³/mol. The smallest absolute Gasteiger partial charge is 0.416 e. The molecule has 0 fully saturated rings. The van der Waals surface area contributed by atoms with Crippen molar-refractivity contribution in [2.45, 2.75) is 6.18 Å². The molecule has 0 aliphatic heterocycles. The molecule has 0 atom stereocenters. The lowest BCUT2D eigenvalue weighted by atomic mass is 10.2. The van der Waals surface area contributed by atoms with Crippen molar-refractivity contribution in [3.63, 3.8) is 0 Å². The largest absolute Gasteiger partial charge is 0.437 e. The molecule has 3 rings (SSSR count). The Labute approximate surface area is 168 Å². The van der Waals surface area contributed by atoms with Gasteiger partial charge in [0.25, 0.3) is 0 Å². The van der Waals surface area contributed by atoms with Crippen molar-refractivity contribution in [2.75, 3.05) is 11.0 Å². The number of alkyl halides is 3. The Bertz CT molecular complexity index is 1140. The van der Waals surface area contributed by atoms with Gasteiger partial charge in [0, 0.05) is 24.2 Å². The standard InChI is InChI=1S/C17H12ClF3N4O3S/c1-29(26,27)25-15-13(18)8-10(9-24-15)14-16(23-7-6-22-14)28-12-4-2-11(3-5-12)17(19,20)21/h2-9H,1H3,(H,24,25). The van der Waals surface area contributed by atoms with Gasteiger partial charge >= 0.3 is 6.18 Å². The summed E-state index contributed by atoms with van der Waals surface area (Å²) in [4.78, 5) is 12.1. The zero-order chi connectivity index (χ0) is 21.2. The minimum Gasteiger partial charge on any atom is -0.437 e. The number of rotatable bonds is 5. The Kier molecular flexibility index (Phi) is 5.62. The summed E-state index contributed by atoms with van der Waals surface area (Å²) < 4.78 is 68.4. The first kappa shape index (κ1) is 20.8. The van der Waals surface area contributed by atoms with E-state index in [1.54, 1.807) is 0 Å². The van der Waals surface area contributed by atoms with Gasteiger partial charge in [-0.25, -0.2) is 23.4 Å². The van der Waals surface area contributed by atoms with Crippen molar-refractivity contribution in [2.24, 2.45) is 0 Å². The van der Waals surface area contributed by atoms with E-state index >= 15 is 0 Å². The lowest BCUT2D eigenvalue weighted by molar-refractivity contribution is -0.137. The Balaban J connectivity index is 1.90. The second-order valence-corrected chi connectivity index (χ2v) is 7.92. The highest BCUT2D eigenvalue weighted by atomic mass is 35.5. The number of halogens is 4. The first-order valence-electron chi connectivity index (χ1n) is 7.83. The van der Waals surface area contributed by atoms with Crippen LogP contribution >= 0.6 is 11.6 Å². The van der Waals surface area contributed by atoms with Crippen molar-refractivity contribution in [3.05, 3.63) is 59.5 Å². The third-order valence-electron chi connectivity index (χ3n) is 3.46. The van der Waals surface area contributed by atoms with Gasteiger partial charge in [-0.2, -0.15) is 13.2 Å². The van der Waals surface area contributed by atoms with Crippen LogP contribution < -0.4 is 9.46 Å². The van der Waals surface area contributed by atoms with E-state index in [-0.39, 0.29) is 28.2 Å². The van der Waals surface area contributed by atoms with E-state index < -0.39 is 21.8 Å². The summed E-state index contributed by atoms with van der Waals surface area (Å²) in [5.41, 5.74) is -0.231. The van der Waals surface area contributed by atoms with E-state index in [0.29, 0.717) is 5.56 Å². The highest BCUT2D eigenvalue weighted by molar-refractivity contribution is 7.92. The number of nitrogens with one attached hydrogen (secondary N) is 1. The van der Waals surface area contributed by atoms with Gasteiger partial charge in [-0.05, 0) is 30.3 Å². The molecule has 0 bridgehead atoms. The molecule has 0 unspecified atom stereocenters. The molecule has 2 heterocycles. The Morgan fingerprint density at radius 2 is 1.72 bits per heavy atom. The van der Waals surface area contributed by atoms with Crippen molar-refractivity contribution in [1.29, 1.82) is 0 Å². The van der Waals surface area contributed by atoms with Gasteiger partial charge in [0.1, 0.15) is 11.4 Å². The molecular formula is C17H12ClF3N4O3S. The van der Waals surface area contributed by atoms with Crippen molar-refractivity contribution in [3.8, 4) is 22.9 Å². The number of hydrogen-bond acceptors (Lipinski definition) is 6. The number of ether oxygens (including phenoxy) is 1. The molecule has 0 amide bonds. The van der Waals surface area contributed by atoms with Crippen LogP contribution in [-0.2, 0) is 16.2 Å². The molecule has 12 heteroatoms. The third kappa shape index (κ3) is 5.33. The van der Waals surface area contributed by atoms with E-state index in [1.165, 1.54) is 24.7 Å². The fourth-order valence-corrected chi connectivity index (χ4v) is 3.02. The minimum atomic E-state index is -4.46. The van der Waals surface area contributed by atoms with Crippen LogP contribution in [0.5, 0.6) is 11.6 Å². The summed E-state index contributed by atoms with van der Waals surface area (Å²) in [6, 6.07) is 5.49. The maximum absolute atomic E-state index is 12.7. The molecule has 1 N–H and O–H groups in total. The fourth-order valence-electron chi connectivity index (χ4n) is 2.24. The third-order valence-corrected chi connectivity index (χ3v) is 4.31. The van der Waals surface area contributed by atoms with Gasteiger partial charge in [-0.1, -0.05) is 11.6 Å². The highest BCUT2D eigenvalue weighted by Crippen LogP contribution is 2.34. The molecular weight excluding hydrogens is 433 g/mol. The summed E-state index contributed by atoms with van der Waals surface area (Å²) in [5.74, 6) is 0.0649. The molecule has 0 radical (unpaired) electrons. The maximum Gasteiger partial charge on any atom is 0.416 e. The molecule has 7 nitrogen and oxygen atoms in total. The van der Waals surface area contributed by atoms with Crippen LogP contribution in [0.3, 0.4) is 0 Å². The monoisotopic (exact) mass is 444 g/mol. The zero-order valence-corrected chi connectivity index (χ0v) is 16.2. The topological polar surface area (TPSA) is 94.1 Å². The van der Waals surface area contributed by atoms with Gasteiger partial charge in [0.2, 0.25) is 15.9 Å². The van der Waals surface area contributed by atoms with Gasteiger partial charge in [0.15, 0.2) is 5.82 Å². The van der Waals surface area contributed by atoms with E-state index in [4.69, 9.17) is 16.3 Å². The average Bonchev–Trinajstić information content (AvgIpc) is 2.63. The maximum atomic E-state index is 12.7. The van der Waals surface area contributed by atoms with Gasteiger partial charge in [0.05, 0.1) is 16.8 Å². The molecule has 3 aromatic rings. The molecule has 1 aromatic carbocycles. The second-order valence-electron chi connectivity index (χ2n) is 5.76. The number of hydrogen-bond donors (Lipinski definition) is 1. The molecule has 152 valence electrons. The Hall–Kier alpha value is -2.92. The summed E-state index contributed by atoms with van der Waals surface area (Å²) in [6.45, 7) is 0. The first-order valence-corrected chi connectivity index (χ1v) is 10.1. The molecule has 29 heavy (non-hydrogen) atoms. The zero-order valence-electron chi connectivity index (χ0n) is 14.6. The normalized spacial score (nSPS) is 11.9. The SMILES string of the molecule is CS(=O)(=O)Nc1ncc(-c2nccnc2Oc2ccc(C(F)(F)F)cc2)cc1Cl. The summed E-state index contributed by atoms with van der Waals surface area (Å²) >= 11 is 6.07. The summed E-state index contributed by atoms with van der Waals surface area (Å²) in [6.07, 6.45) is 0.532. The van der Waals surface area contributed by atoms with Crippen LogP contribution in [0.1, 0.15) is 5.56 Å². The summed E-state index contributed by atoms with van der Waals surface area (Å²) in [7, 11) is -3.57. The van der Waals surface area contributed by atoms with E-state index in [2.05, 4.69) is 19.7 Å². The molecule has 0 aliphatic rings. The number of nitrogens with zero attached hydrogens (tertiary/aromatic N) is 3. The molecule has 0 spiro atoms. The minimum absolute atomic E-state index is 0.00828. The van der Waals surface area contributed by atoms with Crippen LogP contribution in [-0.4, -0.2) is 29.6 Å². The highest BCUT2D eigenvalue weighted by Gasteiger charge is 2.30. The first-order chi connectivity index (χ1) is 13.5. The Morgan fingerprint density at radius 3 is 2.31 bits per heavy atom. The average molecular weight is 445 g/mol. The van der Waals surface area contributed by atoms with Crippen LogP contribution in [0.15, 0.2) is 48.9 Å². The molecule has 2 aromatic heterocycles. The molecule has 0 saturated carbocycles. The van der Waals surface area contributed by atoms with E-state index in [9.17, 15) is 21.6 Å². The second kappa shape index (κ2) is 7.84. The molecule has 0 saturated heterocycles. The van der Waals surface area contributed by atoms with Gasteiger partial charge < -0.3 is 4.74 Å². The summed E-state index contributed by atoms with van der Waals surface area (Å²) in [5, 5.41) is 0.0130. The quantitative estimate of drug-likeness (QED) is 0.627. The molecule has 0 aliphatic carbocycles. The van der Waals surface area contributed by atoms with Crippen molar-refractivity contribution >= 4 is 27.4 Å². The Morgan fingerprint density at radius 1 is 1.07 bits per heavy atom. The van der Waals surface area contributed by atoms with Gasteiger partial charge in [-0.3, -0.25) is 4.72 Å².